The van der Waals surface area contributed by atoms with Crippen LogP contribution in [0.3, 0.4) is 0 Å². The van der Waals surface area contributed by atoms with Gasteiger partial charge in [-0.25, -0.2) is 14.8 Å². The van der Waals surface area contributed by atoms with E-state index in [9.17, 15) is 4.79 Å². The molecular formula is C23H30N6O. The number of fused-ring (bicyclic) bond motifs is 1. The van der Waals surface area contributed by atoms with Gasteiger partial charge >= 0.3 is 6.03 Å². The number of carbonyl (C=O) groups excluding carboxylic acids is 1. The predicted molar refractivity (Wildman–Crippen MR) is 121 cm³/mol. The summed E-state index contributed by atoms with van der Waals surface area (Å²) in [7, 11) is 0. The van der Waals surface area contributed by atoms with Gasteiger partial charge in [0.2, 0.25) is 5.95 Å². The lowest BCUT2D eigenvalue weighted by Crippen LogP contribution is -2.55. The van der Waals surface area contributed by atoms with Crippen LogP contribution in [-0.2, 0) is 5.41 Å². The lowest BCUT2D eigenvalue weighted by atomic mass is 9.87. The molecule has 1 fully saturated rings. The minimum atomic E-state index is -0.130. The van der Waals surface area contributed by atoms with Gasteiger partial charge in [-0.15, -0.1) is 0 Å². The summed E-state index contributed by atoms with van der Waals surface area (Å²) in [4.78, 5) is 29.3. The normalized spacial score (nSPS) is 17.4. The quantitative estimate of drug-likeness (QED) is 0.665. The maximum absolute atomic E-state index is 12.9. The molecule has 3 aromatic rings. The Hall–Kier alpha value is -3.09. The number of aromatic nitrogens is 3. The fourth-order valence-corrected chi connectivity index (χ4v) is 3.97. The van der Waals surface area contributed by atoms with Crippen LogP contribution in [-0.4, -0.2) is 51.6 Å². The summed E-state index contributed by atoms with van der Waals surface area (Å²) in [6.07, 6.45) is 1.82. The van der Waals surface area contributed by atoms with E-state index in [1.807, 2.05) is 23.2 Å². The molecule has 0 bridgehead atoms. The standard InChI is InChI=1S/C23H30N6O/c1-15-7-6-10-24-20(15)28-11-12-29(16(2)14-28)22(30)27-21-25-18-9-8-17(23(3,4)5)13-19(18)26-21/h6-10,13,16H,11-12,14H2,1-5H3,(H2,25,26,27,30). The van der Waals surface area contributed by atoms with Crippen LogP contribution < -0.4 is 10.2 Å². The number of piperazine rings is 1. The van der Waals surface area contributed by atoms with Crippen molar-refractivity contribution >= 4 is 28.8 Å². The Bertz CT molecular complexity index is 1070. The second-order valence-electron chi connectivity index (χ2n) is 9.13. The third-order valence-corrected chi connectivity index (χ3v) is 5.74. The fraction of sp³-hybridized carbons (Fsp3) is 0.435. The molecule has 1 aliphatic heterocycles. The Labute approximate surface area is 177 Å². The van der Waals surface area contributed by atoms with E-state index in [1.165, 1.54) is 5.56 Å². The first-order valence-electron chi connectivity index (χ1n) is 10.5. The number of imidazole rings is 1. The summed E-state index contributed by atoms with van der Waals surface area (Å²) >= 11 is 0. The highest BCUT2D eigenvalue weighted by Crippen LogP contribution is 2.26. The van der Waals surface area contributed by atoms with Crippen molar-refractivity contribution in [2.24, 2.45) is 0 Å². The van der Waals surface area contributed by atoms with Gasteiger partial charge in [-0.05, 0) is 48.6 Å². The maximum atomic E-state index is 12.9. The second kappa shape index (κ2) is 7.63. The van der Waals surface area contributed by atoms with Crippen LogP contribution in [0.5, 0.6) is 0 Å². The van der Waals surface area contributed by atoms with Crippen molar-refractivity contribution in [1.29, 1.82) is 0 Å². The first-order chi connectivity index (χ1) is 14.2. The molecule has 0 saturated carbocycles. The number of hydrogen-bond acceptors (Lipinski definition) is 4. The fourth-order valence-electron chi connectivity index (χ4n) is 3.97. The van der Waals surface area contributed by atoms with Crippen LogP contribution >= 0.6 is 0 Å². The van der Waals surface area contributed by atoms with Gasteiger partial charge in [-0.1, -0.05) is 32.9 Å². The second-order valence-corrected chi connectivity index (χ2v) is 9.13. The number of carbonyl (C=O) groups is 1. The van der Waals surface area contributed by atoms with Gasteiger partial charge in [0, 0.05) is 31.9 Å². The zero-order valence-corrected chi connectivity index (χ0v) is 18.4. The number of nitrogens with zero attached hydrogens (tertiary/aromatic N) is 4. The van der Waals surface area contributed by atoms with E-state index in [1.54, 1.807) is 0 Å². The number of benzene rings is 1. The average Bonchev–Trinajstić information content (AvgIpc) is 3.08. The molecular weight excluding hydrogens is 376 g/mol. The molecule has 2 amide bonds. The Balaban J connectivity index is 1.45. The molecule has 1 aromatic carbocycles. The number of H-pyrrole nitrogens is 1. The van der Waals surface area contributed by atoms with E-state index in [-0.39, 0.29) is 17.5 Å². The molecule has 0 spiro atoms. The van der Waals surface area contributed by atoms with Crippen molar-refractivity contribution in [2.45, 2.75) is 46.1 Å². The van der Waals surface area contributed by atoms with Crippen LogP contribution in [0.2, 0.25) is 0 Å². The zero-order chi connectivity index (χ0) is 21.5. The number of nitrogens with one attached hydrogen (secondary N) is 2. The molecule has 0 radical (unpaired) electrons. The molecule has 158 valence electrons. The van der Waals surface area contributed by atoms with Gasteiger partial charge in [0.25, 0.3) is 0 Å². The highest BCUT2D eigenvalue weighted by atomic mass is 16.2. The summed E-state index contributed by atoms with van der Waals surface area (Å²) in [5, 5.41) is 2.94. The van der Waals surface area contributed by atoms with E-state index in [2.05, 4.69) is 78.0 Å². The van der Waals surface area contributed by atoms with E-state index in [0.717, 1.165) is 35.5 Å². The summed E-state index contributed by atoms with van der Waals surface area (Å²) in [5.74, 6) is 1.48. The Morgan fingerprint density at radius 3 is 2.73 bits per heavy atom. The summed E-state index contributed by atoms with van der Waals surface area (Å²) in [6, 6.07) is 10.2. The first kappa shape index (κ1) is 20.2. The molecule has 2 N–H and O–H groups in total. The molecule has 7 heteroatoms. The van der Waals surface area contributed by atoms with Crippen molar-refractivity contribution in [2.75, 3.05) is 29.9 Å². The minimum Gasteiger partial charge on any atom is -0.353 e. The number of rotatable bonds is 2. The number of amides is 2. The van der Waals surface area contributed by atoms with Crippen LogP contribution in [0, 0.1) is 6.92 Å². The summed E-state index contributed by atoms with van der Waals surface area (Å²) < 4.78 is 0. The predicted octanol–water partition coefficient (Wildman–Crippen LogP) is 4.31. The van der Waals surface area contributed by atoms with Crippen molar-refractivity contribution in [3.8, 4) is 0 Å². The van der Waals surface area contributed by atoms with Gasteiger partial charge in [-0.3, -0.25) is 5.32 Å². The topological polar surface area (TPSA) is 77.2 Å². The van der Waals surface area contributed by atoms with Crippen LogP contribution in [0.1, 0.15) is 38.8 Å². The largest absolute Gasteiger partial charge is 0.353 e. The molecule has 0 aliphatic carbocycles. The molecule has 7 nitrogen and oxygen atoms in total. The van der Waals surface area contributed by atoms with E-state index < -0.39 is 0 Å². The van der Waals surface area contributed by atoms with Crippen LogP contribution in [0.15, 0.2) is 36.5 Å². The summed E-state index contributed by atoms with van der Waals surface area (Å²) in [5.41, 5.74) is 4.22. The van der Waals surface area contributed by atoms with Crippen molar-refractivity contribution < 1.29 is 4.79 Å². The van der Waals surface area contributed by atoms with Crippen LogP contribution in [0.4, 0.5) is 16.6 Å². The Kier molecular flexibility index (Phi) is 5.13. The number of urea groups is 1. The lowest BCUT2D eigenvalue weighted by molar-refractivity contribution is 0.184. The monoisotopic (exact) mass is 406 g/mol. The number of aromatic amines is 1. The number of aryl methyl sites for hydroxylation is 1. The smallest absolute Gasteiger partial charge is 0.324 e. The van der Waals surface area contributed by atoms with Gasteiger partial charge in [0.1, 0.15) is 5.82 Å². The maximum Gasteiger partial charge on any atom is 0.324 e. The molecule has 3 heterocycles. The SMILES string of the molecule is Cc1cccnc1N1CCN(C(=O)Nc2nc3ccc(C(C)(C)C)cc3[nH]2)C(C)C1. The number of pyridine rings is 1. The highest BCUT2D eigenvalue weighted by Gasteiger charge is 2.29. The van der Waals surface area contributed by atoms with Gasteiger partial charge in [0.15, 0.2) is 0 Å². The third kappa shape index (κ3) is 3.97. The molecule has 1 aliphatic rings. The van der Waals surface area contributed by atoms with E-state index in [0.29, 0.717) is 12.5 Å². The van der Waals surface area contributed by atoms with E-state index >= 15 is 0 Å². The molecule has 1 saturated heterocycles. The van der Waals surface area contributed by atoms with Gasteiger partial charge in [0.05, 0.1) is 11.0 Å². The number of anilines is 2. The minimum absolute atomic E-state index is 0.0593. The lowest BCUT2D eigenvalue weighted by Gasteiger charge is -2.40. The Morgan fingerprint density at radius 2 is 2.03 bits per heavy atom. The van der Waals surface area contributed by atoms with Crippen molar-refractivity contribution in [3.05, 3.63) is 47.7 Å². The van der Waals surface area contributed by atoms with Crippen molar-refractivity contribution in [1.82, 2.24) is 19.9 Å². The first-order valence-corrected chi connectivity index (χ1v) is 10.5. The highest BCUT2D eigenvalue weighted by molar-refractivity contribution is 5.90. The van der Waals surface area contributed by atoms with Crippen LogP contribution in [0.25, 0.3) is 11.0 Å². The third-order valence-electron chi connectivity index (χ3n) is 5.74. The average molecular weight is 407 g/mol. The van der Waals surface area contributed by atoms with Gasteiger partial charge in [-0.2, -0.15) is 0 Å². The van der Waals surface area contributed by atoms with Crippen molar-refractivity contribution in [3.63, 3.8) is 0 Å². The molecule has 30 heavy (non-hydrogen) atoms. The van der Waals surface area contributed by atoms with E-state index in [4.69, 9.17) is 0 Å². The molecule has 2 aromatic heterocycles. The molecule has 1 unspecified atom stereocenters. The summed E-state index contributed by atoms with van der Waals surface area (Å²) in [6.45, 7) is 12.8. The van der Waals surface area contributed by atoms with Gasteiger partial charge < -0.3 is 14.8 Å². The Morgan fingerprint density at radius 1 is 1.23 bits per heavy atom. The zero-order valence-electron chi connectivity index (χ0n) is 18.4. The molecule has 1 atom stereocenters. The number of hydrogen-bond donors (Lipinski definition) is 2. The molecule has 4 rings (SSSR count).